The summed E-state index contributed by atoms with van der Waals surface area (Å²) in [4.78, 5) is 18.7. The molecule has 9 heteroatoms. The van der Waals surface area contributed by atoms with E-state index in [2.05, 4.69) is 10.3 Å². The van der Waals surface area contributed by atoms with Crippen LogP contribution in [0.2, 0.25) is 5.02 Å². The molecule has 7 nitrogen and oxygen atoms in total. The fourth-order valence-electron chi connectivity index (χ4n) is 2.83. The van der Waals surface area contributed by atoms with E-state index in [9.17, 15) is 13.2 Å². The van der Waals surface area contributed by atoms with Gasteiger partial charge in [-0.2, -0.15) is 0 Å². The number of hydrogen-bond acceptors (Lipinski definition) is 5. The highest BCUT2D eigenvalue weighted by atomic mass is 35.5. The lowest BCUT2D eigenvalue weighted by Gasteiger charge is -2.29. The SMILES string of the molecule is CN(C)S(=O)(=O)c1cccnc1N1CC=C(C(=O)Nc2ccc(Cl)cc2)CC1. The lowest BCUT2D eigenvalue weighted by Crippen LogP contribution is -2.34. The molecule has 1 aliphatic rings. The molecule has 148 valence electrons. The summed E-state index contributed by atoms with van der Waals surface area (Å²) >= 11 is 5.85. The second-order valence-corrected chi connectivity index (χ2v) is 9.06. The average Bonchev–Trinajstić information content (AvgIpc) is 2.69. The van der Waals surface area contributed by atoms with Gasteiger partial charge in [-0.05, 0) is 42.8 Å². The molecule has 1 amide bonds. The van der Waals surface area contributed by atoms with Crippen molar-refractivity contribution in [2.45, 2.75) is 11.3 Å². The van der Waals surface area contributed by atoms with Crippen LogP contribution in [-0.2, 0) is 14.8 Å². The van der Waals surface area contributed by atoms with Crippen molar-refractivity contribution in [3.8, 4) is 0 Å². The Morgan fingerprint density at radius 1 is 1.21 bits per heavy atom. The number of rotatable bonds is 5. The number of hydrogen-bond donors (Lipinski definition) is 1. The number of pyridine rings is 1. The van der Waals surface area contributed by atoms with E-state index >= 15 is 0 Å². The highest BCUT2D eigenvalue weighted by Gasteiger charge is 2.26. The average molecular weight is 421 g/mol. The van der Waals surface area contributed by atoms with Gasteiger partial charge in [0.1, 0.15) is 10.7 Å². The fourth-order valence-corrected chi connectivity index (χ4v) is 4.01. The summed E-state index contributed by atoms with van der Waals surface area (Å²) in [5, 5.41) is 3.44. The second-order valence-electron chi connectivity index (χ2n) is 6.50. The minimum Gasteiger partial charge on any atom is -0.351 e. The number of carbonyl (C=O) groups is 1. The van der Waals surface area contributed by atoms with Crippen molar-refractivity contribution in [2.75, 3.05) is 37.4 Å². The van der Waals surface area contributed by atoms with Crippen LogP contribution in [0, 0.1) is 0 Å². The summed E-state index contributed by atoms with van der Waals surface area (Å²) in [5.41, 5.74) is 1.32. The lowest BCUT2D eigenvalue weighted by molar-refractivity contribution is -0.113. The highest BCUT2D eigenvalue weighted by Crippen LogP contribution is 2.27. The van der Waals surface area contributed by atoms with Crippen LogP contribution in [0.15, 0.2) is 59.1 Å². The molecule has 0 atom stereocenters. The highest BCUT2D eigenvalue weighted by molar-refractivity contribution is 7.89. The van der Waals surface area contributed by atoms with E-state index in [1.165, 1.54) is 14.1 Å². The number of carbonyl (C=O) groups excluding carboxylic acids is 1. The van der Waals surface area contributed by atoms with E-state index in [1.54, 1.807) is 48.7 Å². The third kappa shape index (κ3) is 4.35. The van der Waals surface area contributed by atoms with Crippen molar-refractivity contribution in [3.05, 3.63) is 59.3 Å². The molecule has 1 N–H and O–H groups in total. The summed E-state index contributed by atoms with van der Waals surface area (Å²) in [6, 6.07) is 10.0. The number of halogens is 1. The molecule has 2 heterocycles. The van der Waals surface area contributed by atoms with E-state index < -0.39 is 10.0 Å². The van der Waals surface area contributed by atoms with Gasteiger partial charge in [0.15, 0.2) is 0 Å². The molecule has 0 aliphatic carbocycles. The second kappa shape index (κ2) is 8.30. The van der Waals surface area contributed by atoms with Crippen LogP contribution in [0.1, 0.15) is 6.42 Å². The van der Waals surface area contributed by atoms with Crippen LogP contribution in [0.25, 0.3) is 0 Å². The third-order valence-corrected chi connectivity index (χ3v) is 6.50. The molecule has 0 radical (unpaired) electrons. The molecule has 0 unspecified atom stereocenters. The molecule has 1 aliphatic heterocycles. The van der Waals surface area contributed by atoms with Crippen LogP contribution in [0.4, 0.5) is 11.5 Å². The van der Waals surface area contributed by atoms with Crippen molar-refractivity contribution < 1.29 is 13.2 Å². The molecule has 1 aromatic carbocycles. The number of benzene rings is 1. The maximum atomic E-state index is 12.6. The Bertz CT molecular complexity index is 1000. The number of amides is 1. The molecule has 0 fully saturated rings. The molecule has 1 aromatic heterocycles. The Kier molecular flexibility index (Phi) is 6.02. The maximum Gasteiger partial charge on any atom is 0.251 e. The van der Waals surface area contributed by atoms with Crippen LogP contribution in [-0.4, -0.2) is 50.8 Å². The number of sulfonamides is 1. The zero-order chi connectivity index (χ0) is 20.3. The Morgan fingerprint density at radius 3 is 2.54 bits per heavy atom. The normalized spacial score (nSPS) is 14.7. The topological polar surface area (TPSA) is 82.6 Å². The molecule has 2 aromatic rings. The van der Waals surface area contributed by atoms with Gasteiger partial charge in [0.25, 0.3) is 5.91 Å². The van der Waals surface area contributed by atoms with E-state index in [1.807, 2.05) is 4.90 Å². The van der Waals surface area contributed by atoms with Gasteiger partial charge in [-0.15, -0.1) is 0 Å². The minimum atomic E-state index is -3.61. The summed E-state index contributed by atoms with van der Waals surface area (Å²) < 4.78 is 26.3. The smallest absolute Gasteiger partial charge is 0.251 e. The molecular weight excluding hydrogens is 400 g/mol. The molecule has 0 bridgehead atoms. The number of nitrogens with zero attached hydrogens (tertiary/aromatic N) is 3. The first-order chi connectivity index (χ1) is 13.3. The third-order valence-electron chi connectivity index (χ3n) is 4.41. The summed E-state index contributed by atoms with van der Waals surface area (Å²) in [7, 11) is -0.638. The fraction of sp³-hybridized carbons (Fsp3) is 0.263. The van der Waals surface area contributed by atoms with Crippen molar-refractivity contribution in [1.82, 2.24) is 9.29 Å². The number of anilines is 2. The van der Waals surface area contributed by atoms with Gasteiger partial charge in [0.05, 0.1) is 0 Å². The van der Waals surface area contributed by atoms with Gasteiger partial charge in [0, 0.05) is 49.7 Å². The number of nitrogens with one attached hydrogen (secondary N) is 1. The van der Waals surface area contributed by atoms with Crippen LogP contribution >= 0.6 is 11.6 Å². The minimum absolute atomic E-state index is 0.155. The van der Waals surface area contributed by atoms with E-state index in [4.69, 9.17) is 11.6 Å². The van der Waals surface area contributed by atoms with E-state index in [-0.39, 0.29) is 10.8 Å². The van der Waals surface area contributed by atoms with Gasteiger partial charge in [-0.3, -0.25) is 4.79 Å². The van der Waals surface area contributed by atoms with Gasteiger partial charge in [-0.1, -0.05) is 17.7 Å². The van der Waals surface area contributed by atoms with Crippen molar-refractivity contribution in [1.29, 1.82) is 0 Å². The first-order valence-electron chi connectivity index (χ1n) is 8.67. The Balaban J connectivity index is 1.75. The van der Waals surface area contributed by atoms with Gasteiger partial charge in [-0.25, -0.2) is 17.7 Å². The maximum absolute atomic E-state index is 12.6. The van der Waals surface area contributed by atoms with Gasteiger partial charge in [0.2, 0.25) is 10.0 Å². The first kappa shape index (κ1) is 20.3. The van der Waals surface area contributed by atoms with Crippen LogP contribution in [0.3, 0.4) is 0 Å². The molecule has 3 rings (SSSR count). The van der Waals surface area contributed by atoms with E-state index in [0.717, 1.165) is 4.31 Å². The van der Waals surface area contributed by atoms with Gasteiger partial charge < -0.3 is 10.2 Å². The van der Waals surface area contributed by atoms with Gasteiger partial charge >= 0.3 is 0 Å². The Morgan fingerprint density at radius 2 is 1.93 bits per heavy atom. The molecule has 28 heavy (non-hydrogen) atoms. The monoisotopic (exact) mass is 420 g/mol. The first-order valence-corrected chi connectivity index (χ1v) is 10.5. The van der Waals surface area contributed by atoms with Crippen molar-refractivity contribution in [3.63, 3.8) is 0 Å². The summed E-state index contributed by atoms with van der Waals surface area (Å²) in [6.07, 6.45) is 3.85. The quantitative estimate of drug-likeness (QED) is 0.804. The predicted molar refractivity (Wildman–Crippen MR) is 110 cm³/mol. The Hall–Kier alpha value is -2.42. The zero-order valence-corrected chi connectivity index (χ0v) is 17.2. The van der Waals surface area contributed by atoms with E-state index in [0.29, 0.717) is 41.6 Å². The van der Waals surface area contributed by atoms with Crippen LogP contribution in [0.5, 0.6) is 0 Å². The molecule has 0 saturated carbocycles. The molecular formula is C19H21ClN4O3S. The number of aromatic nitrogens is 1. The molecule has 0 saturated heterocycles. The largest absolute Gasteiger partial charge is 0.351 e. The predicted octanol–water partition coefficient (Wildman–Crippen LogP) is 2.76. The van der Waals surface area contributed by atoms with Crippen LogP contribution < -0.4 is 10.2 Å². The summed E-state index contributed by atoms with van der Waals surface area (Å²) in [5.74, 6) is 0.216. The lowest BCUT2D eigenvalue weighted by atomic mass is 10.1. The standard InChI is InChI=1S/C19H21ClN4O3S/c1-23(2)28(26,27)17-4-3-11-21-18(17)24-12-9-14(10-13-24)19(25)22-16-7-5-15(20)6-8-16/h3-9,11H,10,12-13H2,1-2H3,(H,22,25). The zero-order valence-electron chi connectivity index (χ0n) is 15.6. The Labute approximate surface area is 169 Å². The van der Waals surface area contributed by atoms with Crippen molar-refractivity contribution >= 4 is 39.0 Å². The summed E-state index contributed by atoms with van der Waals surface area (Å²) in [6.45, 7) is 0.892. The van der Waals surface area contributed by atoms with Crippen molar-refractivity contribution in [2.24, 2.45) is 0 Å². The molecule has 0 spiro atoms.